The molecule has 2 atom stereocenters. The van der Waals surface area contributed by atoms with Crippen LogP contribution in [0.25, 0.3) is 0 Å². The smallest absolute Gasteiger partial charge is 0.220 e. The molecule has 3 nitrogen and oxygen atoms in total. The summed E-state index contributed by atoms with van der Waals surface area (Å²) in [4.78, 5) is 14.9. The minimum atomic E-state index is 0.0155. The molecule has 2 rings (SSSR count). The van der Waals surface area contributed by atoms with E-state index in [4.69, 9.17) is 0 Å². The second-order valence-electron chi connectivity index (χ2n) is 8.04. The molecule has 1 aliphatic heterocycles. The van der Waals surface area contributed by atoms with Crippen LogP contribution in [0.3, 0.4) is 0 Å². The van der Waals surface area contributed by atoms with Crippen molar-refractivity contribution in [1.29, 1.82) is 0 Å². The molecule has 144 valence electrons. The van der Waals surface area contributed by atoms with Crippen LogP contribution in [-0.2, 0) is 4.79 Å². The fourth-order valence-electron chi connectivity index (χ4n) is 4.10. The first-order chi connectivity index (χ1) is 12.5. The first kappa shape index (κ1) is 20.5. The summed E-state index contributed by atoms with van der Waals surface area (Å²) >= 11 is 0. The second kappa shape index (κ2) is 10.4. The minimum Gasteiger partial charge on any atom is -0.367 e. The number of allylic oxidation sites excluding steroid dienone is 4. The van der Waals surface area contributed by atoms with Gasteiger partial charge in [0, 0.05) is 24.7 Å². The van der Waals surface area contributed by atoms with E-state index in [0.717, 1.165) is 44.3 Å². The van der Waals surface area contributed by atoms with Gasteiger partial charge in [0.25, 0.3) is 0 Å². The second-order valence-corrected chi connectivity index (χ2v) is 8.04. The van der Waals surface area contributed by atoms with Crippen LogP contribution in [0, 0.1) is 11.8 Å². The molecule has 1 amide bonds. The van der Waals surface area contributed by atoms with Gasteiger partial charge in [0.05, 0.1) is 6.04 Å². The molecule has 0 spiro atoms. The van der Waals surface area contributed by atoms with Crippen molar-refractivity contribution < 1.29 is 4.79 Å². The zero-order valence-corrected chi connectivity index (χ0v) is 16.6. The highest BCUT2D eigenvalue weighted by Gasteiger charge is 2.32. The number of hydrogen-bond acceptors (Lipinski definition) is 2. The highest BCUT2D eigenvalue weighted by Crippen LogP contribution is 2.30. The van der Waals surface area contributed by atoms with Gasteiger partial charge in [-0.05, 0) is 50.4 Å². The topological polar surface area (TPSA) is 32.3 Å². The molecule has 0 saturated carbocycles. The number of carbonyl (C=O) groups excluding carboxylic acids is 1. The average Bonchev–Trinajstić information content (AvgIpc) is 3.11. The number of nitrogens with one attached hydrogen (secondary N) is 1. The standard InChI is InChI=1S/C23H36N2O/c1-5-21-15-12-16-25(21)19(4)23(24-22(26)17-18(2)3)20-13-10-8-6-7-9-11-14-20/h5-9,18,20-21,23H,1,4,10-17H2,2-3H3,(H,24,26)/b8-6-,9-7-. The largest absolute Gasteiger partial charge is 0.367 e. The lowest BCUT2D eigenvalue weighted by molar-refractivity contribution is -0.122. The Morgan fingerprint density at radius 1 is 1.23 bits per heavy atom. The Bertz CT molecular complexity index is 530. The van der Waals surface area contributed by atoms with Gasteiger partial charge in [0.15, 0.2) is 0 Å². The molecular formula is C23H36N2O. The Morgan fingerprint density at radius 3 is 2.46 bits per heavy atom. The maximum atomic E-state index is 12.6. The molecule has 3 heteroatoms. The van der Waals surface area contributed by atoms with E-state index in [1.807, 2.05) is 6.08 Å². The van der Waals surface area contributed by atoms with Gasteiger partial charge in [-0.3, -0.25) is 4.79 Å². The van der Waals surface area contributed by atoms with Crippen LogP contribution in [0.1, 0.15) is 58.8 Å². The molecule has 26 heavy (non-hydrogen) atoms. The Labute approximate surface area is 159 Å². The van der Waals surface area contributed by atoms with Crippen molar-refractivity contribution in [2.24, 2.45) is 11.8 Å². The van der Waals surface area contributed by atoms with E-state index in [-0.39, 0.29) is 11.9 Å². The Hall–Kier alpha value is -1.77. The van der Waals surface area contributed by atoms with E-state index < -0.39 is 0 Å². The summed E-state index contributed by atoms with van der Waals surface area (Å²) in [5, 5.41) is 3.35. The molecule has 2 aliphatic rings. The fraction of sp³-hybridized carbons (Fsp3) is 0.609. The van der Waals surface area contributed by atoms with E-state index >= 15 is 0 Å². The lowest BCUT2D eigenvalue weighted by Crippen LogP contribution is -2.47. The molecule has 0 bridgehead atoms. The minimum absolute atomic E-state index is 0.0155. The number of hydrogen-bond donors (Lipinski definition) is 1. The Balaban J connectivity index is 2.17. The van der Waals surface area contributed by atoms with E-state index in [2.05, 4.69) is 61.5 Å². The summed E-state index contributed by atoms with van der Waals surface area (Å²) in [6, 6.07) is 0.366. The third-order valence-electron chi connectivity index (χ3n) is 5.47. The van der Waals surface area contributed by atoms with Crippen molar-refractivity contribution >= 4 is 5.91 Å². The summed E-state index contributed by atoms with van der Waals surface area (Å²) < 4.78 is 0. The van der Waals surface area contributed by atoms with E-state index in [1.54, 1.807) is 0 Å². The predicted octanol–water partition coefficient (Wildman–Crippen LogP) is 4.98. The molecule has 0 radical (unpaired) electrons. The Kier molecular flexibility index (Phi) is 8.21. The van der Waals surface area contributed by atoms with Gasteiger partial charge in [0.2, 0.25) is 5.91 Å². The molecular weight excluding hydrogens is 320 g/mol. The van der Waals surface area contributed by atoms with Crippen molar-refractivity contribution in [2.45, 2.75) is 70.9 Å². The van der Waals surface area contributed by atoms with Gasteiger partial charge < -0.3 is 10.2 Å². The summed E-state index contributed by atoms with van der Waals surface area (Å²) in [6.45, 7) is 13.6. The molecule has 1 aliphatic carbocycles. The highest BCUT2D eigenvalue weighted by atomic mass is 16.1. The number of rotatable bonds is 7. The van der Waals surface area contributed by atoms with Crippen molar-refractivity contribution in [2.75, 3.05) is 6.54 Å². The van der Waals surface area contributed by atoms with Gasteiger partial charge >= 0.3 is 0 Å². The maximum Gasteiger partial charge on any atom is 0.220 e. The van der Waals surface area contributed by atoms with Gasteiger partial charge in [0.1, 0.15) is 0 Å². The number of carbonyl (C=O) groups is 1. The third kappa shape index (κ3) is 5.89. The maximum absolute atomic E-state index is 12.6. The molecule has 0 aromatic carbocycles. The van der Waals surface area contributed by atoms with Crippen LogP contribution in [0.15, 0.2) is 49.2 Å². The summed E-state index contributed by atoms with van der Waals surface area (Å²) in [5.41, 5.74) is 1.07. The van der Waals surface area contributed by atoms with Crippen LogP contribution in [0.5, 0.6) is 0 Å². The predicted molar refractivity (Wildman–Crippen MR) is 111 cm³/mol. The molecule has 1 N–H and O–H groups in total. The number of nitrogens with zero attached hydrogens (tertiary/aromatic N) is 1. The first-order valence-corrected chi connectivity index (χ1v) is 10.2. The molecule has 2 unspecified atom stereocenters. The van der Waals surface area contributed by atoms with Crippen LogP contribution >= 0.6 is 0 Å². The van der Waals surface area contributed by atoms with Gasteiger partial charge in [-0.2, -0.15) is 0 Å². The van der Waals surface area contributed by atoms with Crippen LogP contribution in [-0.4, -0.2) is 29.4 Å². The summed E-state index contributed by atoms with van der Waals surface area (Å²) in [7, 11) is 0. The lowest BCUT2D eigenvalue weighted by Gasteiger charge is -2.37. The summed E-state index contributed by atoms with van der Waals surface area (Å²) in [5.74, 6) is 0.923. The monoisotopic (exact) mass is 356 g/mol. The van der Waals surface area contributed by atoms with E-state index in [0.29, 0.717) is 24.3 Å². The SMILES string of the molecule is C=CC1CCCN1C(=C)C(NC(=O)CC(C)C)C1CC/C=C\C=C/CC1. The number of likely N-dealkylation sites (tertiary alicyclic amines) is 1. The fourth-order valence-corrected chi connectivity index (χ4v) is 4.10. The van der Waals surface area contributed by atoms with Crippen molar-refractivity contribution in [1.82, 2.24) is 10.2 Å². The quantitative estimate of drug-likeness (QED) is 0.652. The zero-order chi connectivity index (χ0) is 18.9. The van der Waals surface area contributed by atoms with E-state index in [1.165, 1.54) is 6.42 Å². The van der Waals surface area contributed by atoms with Crippen molar-refractivity contribution in [3.05, 3.63) is 49.2 Å². The van der Waals surface area contributed by atoms with Crippen LogP contribution < -0.4 is 5.32 Å². The lowest BCUT2D eigenvalue weighted by atomic mass is 9.87. The van der Waals surface area contributed by atoms with Gasteiger partial charge in [-0.15, -0.1) is 6.58 Å². The molecule has 1 fully saturated rings. The first-order valence-electron chi connectivity index (χ1n) is 10.2. The molecule has 0 aromatic heterocycles. The summed E-state index contributed by atoms with van der Waals surface area (Å²) in [6.07, 6.45) is 17.9. The average molecular weight is 357 g/mol. The third-order valence-corrected chi connectivity index (χ3v) is 5.47. The molecule has 0 aromatic rings. The van der Waals surface area contributed by atoms with E-state index in [9.17, 15) is 4.79 Å². The van der Waals surface area contributed by atoms with Crippen molar-refractivity contribution in [3.63, 3.8) is 0 Å². The Morgan fingerprint density at radius 2 is 1.88 bits per heavy atom. The number of amides is 1. The van der Waals surface area contributed by atoms with Crippen LogP contribution in [0.2, 0.25) is 0 Å². The normalized spacial score (nSPS) is 25.0. The highest BCUT2D eigenvalue weighted by molar-refractivity contribution is 5.76. The van der Waals surface area contributed by atoms with Gasteiger partial charge in [-0.25, -0.2) is 0 Å². The van der Waals surface area contributed by atoms with Gasteiger partial charge in [-0.1, -0.05) is 50.8 Å². The van der Waals surface area contributed by atoms with Crippen LogP contribution in [0.4, 0.5) is 0 Å². The zero-order valence-electron chi connectivity index (χ0n) is 16.6. The molecule has 1 saturated heterocycles. The molecule has 1 heterocycles. The van der Waals surface area contributed by atoms with Crippen molar-refractivity contribution in [3.8, 4) is 0 Å².